The Hall–Kier alpha value is -1.27. The smallest absolute Gasteiger partial charge is 0.159 e. The first kappa shape index (κ1) is 21.6. The number of hydrogen-bond donors (Lipinski definition) is 2. The number of rotatable bonds is 5. The minimum absolute atomic E-state index is 0.0852. The summed E-state index contributed by atoms with van der Waals surface area (Å²) in [6, 6.07) is 0. The molecule has 1 aromatic heterocycles. The highest BCUT2D eigenvalue weighted by molar-refractivity contribution is 5.82. The lowest BCUT2D eigenvalue weighted by Crippen LogP contribution is -2.55. The highest BCUT2D eigenvalue weighted by atomic mass is 16.3. The molecule has 4 aliphatic carbocycles. The van der Waals surface area contributed by atoms with E-state index in [1.807, 2.05) is 6.92 Å². The van der Waals surface area contributed by atoms with E-state index in [1.54, 1.807) is 11.0 Å². The van der Waals surface area contributed by atoms with E-state index < -0.39 is 0 Å². The Morgan fingerprint density at radius 2 is 2.00 bits per heavy atom. The summed E-state index contributed by atoms with van der Waals surface area (Å²) in [6.45, 7) is 4.85. The van der Waals surface area contributed by atoms with Gasteiger partial charge in [0.1, 0.15) is 6.54 Å². The number of aliphatic hydroxyl groups is 2. The molecule has 4 aliphatic rings. The molecule has 2 N–H and O–H groups in total. The van der Waals surface area contributed by atoms with Gasteiger partial charge in [-0.05, 0) is 106 Å². The molecule has 1 heterocycles. The molecule has 0 amide bonds. The molecule has 8 atom stereocenters. The first-order chi connectivity index (χ1) is 14.9. The summed E-state index contributed by atoms with van der Waals surface area (Å²) in [5, 5.41) is 28.9. The SMILES string of the molecule is Cc1cnn(CC(=O)[C@H]2CC[C@H]3[C@@H]4CC[C@H]5C[C@H](O)CC[C@]5(CCO)[C@H]4CC[C@]23C)n1. The van der Waals surface area contributed by atoms with Crippen molar-refractivity contribution in [3.05, 3.63) is 11.9 Å². The standard InChI is InChI=1S/C25H39N3O3/c1-16-14-26-28(27-16)15-23(31)22-6-5-20-19-4-3-17-13-18(30)7-10-25(17,11-12-29)21(19)8-9-24(20,22)2/h14,17-22,29-30H,3-13,15H2,1-2H3/t17-,18+,19-,20-,21-,22+,24-,25+/m0/s1. The van der Waals surface area contributed by atoms with Gasteiger partial charge in [-0.1, -0.05) is 6.92 Å². The molecule has 0 bridgehead atoms. The van der Waals surface area contributed by atoms with Crippen molar-refractivity contribution >= 4 is 5.78 Å². The van der Waals surface area contributed by atoms with Crippen LogP contribution in [0.4, 0.5) is 0 Å². The predicted octanol–water partition coefficient (Wildman–Crippen LogP) is 3.54. The molecule has 4 saturated carbocycles. The van der Waals surface area contributed by atoms with Crippen LogP contribution in [-0.4, -0.2) is 43.7 Å². The number of carbonyl (C=O) groups is 1. The summed E-state index contributed by atoms with van der Waals surface area (Å²) in [5.41, 5.74) is 1.14. The second-order valence-corrected chi connectivity index (χ2v) is 11.4. The molecule has 0 unspecified atom stereocenters. The van der Waals surface area contributed by atoms with Gasteiger partial charge < -0.3 is 10.2 Å². The lowest BCUT2D eigenvalue weighted by atomic mass is 9.43. The lowest BCUT2D eigenvalue weighted by Gasteiger charge is -2.62. The highest BCUT2D eigenvalue weighted by Crippen LogP contribution is 2.68. The van der Waals surface area contributed by atoms with Crippen LogP contribution in [0, 0.1) is 47.3 Å². The average molecular weight is 430 g/mol. The maximum Gasteiger partial charge on any atom is 0.159 e. The van der Waals surface area contributed by atoms with Crippen molar-refractivity contribution in [3.63, 3.8) is 0 Å². The Kier molecular flexibility index (Phi) is 5.53. The van der Waals surface area contributed by atoms with Gasteiger partial charge in [0.25, 0.3) is 0 Å². The van der Waals surface area contributed by atoms with Crippen molar-refractivity contribution in [1.29, 1.82) is 0 Å². The average Bonchev–Trinajstić information content (AvgIpc) is 3.30. The molecule has 6 nitrogen and oxygen atoms in total. The zero-order valence-corrected chi connectivity index (χ0v) is 19.2. The van der Waals surface area contributed by atoms with Crippen LogP contribution in [0.2, 0.25) is 0 Å². The fraction of sp³-hybridized carbons (Fsp3) is 0.880. The molecule has 0 spiro atoms. The summed E-state index contributed by atoms with van der Waals surface area (Å²) >= 11 is 0. The fourth-order valence-electron chi connectivity index (χ4n) is 8.97. The Morgan fingerprint density at radius 3 is 2.74 bits per heavy atom. The molecule has 0 aromatic carbocycles. The topological polar surface area (TPSA) is 88.2 Å². The molecule has 172 valence electrons. The van der Waals surface area contributed by atoms with E-state index >= 15 is 0 Å². The van der Waals surface area contributed by atoms with Crippen molar-refractivity contribution in [2.75, 3.05) is 6.61 Å². The van der Waals surface area contributed by atoms with Gasteiger partial charge in [0.15, 0.2) is 5.78 Å². The lowest BCUT2D eigenvalue weighted by molar-refractivity contribution is -0.149. The van der Waals surface area contributed by atoms with Gasteiger partial charge in [0.2, 0.25) is 0 Å². The Morgan fingerprint density at radius 1 is 1.16 bits per heavy atom. The van der Waals surface area contributed by atoms with Crippen LogP contribution in [0.1, 0.15) is 76.8 Å². The number of ketones is 1. The molecular weight excluding hydrogens is 390 g/mol. The van der Waals surface area contributed by atoms with Crippen LogP contribution in [0.15, 0.2) is 6.20 Å². The molecule has 4 fully saturated rings. The van der Waals surface area contributed by atoms with Gasteiger partial charge in [-0.2, -0.15) is 15.0 Å². The molecular formula is C25H39N3O3. The Balaban J connectivity index is 1.37. The molecule has 31 heavy (non-hydrogen) atoms. The van der Waals surface area contributed by atoms with E-state index in [-0.39, 0.29) is 29.5 Å². The third-order valence-corrected chi connectivity index (χ3v) is 10.3. The van der Waals surface area contributed by atoms with E-state index in [9.17, 15) is 15.0 Å². The molecule has 5 rings (SSSR count). The third-order valence-electron chi connectivity index (χ3n) is 10.3. The van der Waals surface area contributed by atoms with Crippen molar-refractivity contribution in [2.24, 2.45) is 40.4 Å². The normalized spacial score (nSPS) is 44.4. The van der Waals surface area contributed by atoms with Crippen LogP contribution in [-0.2, 0) is 11.3 Å². The molecule has 0 radical (unpaired) electrons. The predicted molar refractivity (Wildman–Crippen MR) is 117 cm³/mol. The summed E-state index contributed by atoms with van der Waals surface area (Å²) in [5.74, 6) is 2.90. The Bertz CT molecular complexity index is 825. The van der Waals surface area contributed by atoms with Gasteiger partial charge in [-0.25, -0.2) is 0 Å². The molecule has 0 aliphatic heterocycles. The third kappa shape index (κ3) is 3.40. The van der Waals surface area contributed by atoms with Crippen LogP contribution in [0.25, 0.3) is 0 Å². The number of carbonyl (C=O) groups excluding carboxylic acids is 1. The van der Waals surface area contributed by atoms with Crippen LogP contribution in [0.3, 0.4) is 0 Å². The van der Waals surface area contributed by atoms with Crippen molar-refractivity contribution in [2.45, 2.75) is 90.7 Å². The number of fused-ring (bicyclic) bond motifs is 5. The van der Waals surface area contributed by atoms with E-state index in [0.29, 0.717) is 36.0 Å². The van der Waals surface area contributed by atoms with Crippen LogP contribution >= 0.6 is 0 Å². The zero-order valence-electron chi connectivity index (χ0n) is 19.2. The molecule has 0 saturated heterocycles. The first-order valence-electron chi connectivity index (χ1n) is 12.6. The van der Waals surface area contributed by atoms with Crippen molar-refractivity contribution in [1.82, 2.24) is 15.0 Å². The summed E-state index contributed by atoms with van der Waals surface area (Å²) in [7, 11) is 0. The van der Waals surface area contributed by atoms with Crippen molar-refractivity contribution < 1.29 is 15.0 Å². The van der Waals surface area contributed by atoms with Gasteiger partial charge >= 0.3 is 0 Å². The molecule has 6 heteroatoms. The number of aryl methyl sites for hydroxylation is 1. The van der Waals surface area contributed by atoms with E-state index in [0.717, 1.165) is 50.6 Å². The minimum atomic E-state index is -0.157. The second kappa shape index (κ2) is 7.95. The quantitative estimate of drug-likeness (QED) is 0.747. The Labute approximate surface area is 185 Å². The number of hydrogen-bond acceptors (Lipinski definition) is 5. The van der Waals surface area contributed by atoms with Gasteiger partial charge in [-0.15, -0.1) is 0 Å². The summed E-state index contributed by atoms with van der Waals surface area (Å²) in [4.78, 5) is 14.9. The summed E-state index contributed by atoms with van der Waals surface area (Å²) < 4.78 is 0. The number of Topliss-reactive ketones (excluding diaryl/α,β-unsaturated/α-hetero) is 1. The van der Waals surface area contributed by atoms with E-state index in [4.69, 9.17) is 0 Å². The van der Waals surface area contributed by atoms with Gasteiger partial charge in [-0.3, -0.25) is 4.79 Å². The highest BCUT2D eigenvalue weighted by Gasteiger charge is 2.62. The monoisotopic (exact) mass is 429 g/mol. The minimum Gasteiger partial charge on any atom is -0.396 e. The van der Waals surface area contributed by atoms with Gasteiger partial charge in [0.05, 0.1) is 18.0 Å². The van der Waals surface area contributed by atoms with E-state index in [2.05, 4.69) is 17.1 Å². The number of aliphatic hydroxyl groups excluding tert-OH is 2. The second-order valence-electron chi connectivity index (χ2n) is 11.4. The largest absolute Gasteiger partial charge is 0.396 e. The molecule has 1 aromatic rings. The van der Waals surface area contributed by atoms with E-state index in [1.165, 1.54) is 19.3 Å². The van der Waals surface area contributed by atoms with Crippen LogP contribution in [0.5, 0.6) is 0 Å². The van der Waals surface area contributed by atoms with Crippen molar-refractivity contribution in [3.8, 4) is 0 Å². The fourth-order valence-corrected chi connectivity index (χ4v) is 8.97. The first-order valence-corrected chi connectivity index (χ1v) is 12.6. The maximum absolute atomic E-state index is 13.3. The maximum atomic E-state index is 13.3. The number of aromatic nitrogens is 3. The zero-order chi connectivity index (χ0) is 21.8. The van der Waals surface area contributed by atoms with Gasteiger partial charge in [0, 0.05) is 12.5 Å². The number of nitrogens with zero attached hydrogens (tertiary/aromatic N) is 3. The van der Waals surface area contributed by atoms with Crippen LogP contribution < -0.4 is 0 Å². The summed E-state index contributed by atoms with van der Waals surface area (Å²) in [6.07, 6.45) is 12.2.